The van der Waals surface area contributed by atoms with Crippen LogP contribution in [0.15, 0.2) is 77.3 Å². The molecule has 2 aromatic carbocycles. The van der Waals surface area contributed by atoms with Crippen LogP contribution in [0.4, 0.5) is 0 Å². The van der Waals surface area contributed by atoms with Gasteiger partial charge in [-0.2, -0.15) is 0 Å². The van der Waals surface area contributed by atoms with Crippen molar-refractivity contribution in [2.75, 3.05) is 13.1 Å². The van der Waals surface area contributed by atoms with Crippen LogP contribution in [0, 0.1) is 5.92 Å². The normalized spacial score (nSPS) is 20.0. The molecular weight excluding hydrogens is 376 g/mol. The Kier molecular flexibility index (Phi) is 4.39. The van der Waals surface area contributed by atoms with Crippen molar-refractivity contribution in [3.8, 4) is 0 Å². The third-order valence-corrected chi connectivity index (χ3v) is 6.11. The first kappa shape index (κ1) is 18.6. The van der Waals surface area contributed by atoms with Gasteiger partial charge in [0.1, 0.15) is 5.82 Å². The number of hydrogen-bond acceptors (Lipinski definition) is 5. The number of allylic oxidation sites excluding steroid dienone is 3. The third kappa shape index (κ3) is 2.58. The summed E-state index contributed by atoms with van der Waals surface area (Å²) in [5.41, 5.74) is 2.99. The topological polar surface area (TPSA) is 66.5 Å². The molecule has 0 amide bonds. The SMILES string of the molecule is CCCC1C(C(=O)c2ccccc2)=C2NCCN2C2=C1C(=O)c1ccccc1C2=O. The minimum absolute atomic E-state index is 0.0888. The molecule has 5 heteroatoms. The van der Waals surface area contributed by atoms with Gasteiger partial charge in [-0.15, -0.1) is 0 Å². The van der Waals surface area contributed by atoms with Gasteiger partial charge in [0.2, 0.25) is 5.78 Å². The van der Waals surface area contributed by atoms with E-state index in [1.54, 1.807) is 36.4 Å². The Balaban J connectivity index is 1.72. The molecule has 1 N–H and O–H groups in total. The van der Waals surface area contributed by atoms with Crippen molar-refractivity contribution < 1.29 is 14.4 Å². The van der Waals surface area contributed by atoms with Gasteiger partial charge in [-0.05, 0) is 6.42 Å². The molecule has 30 heavy (non-hydrogen) atoms. The fourth-order valence-corrected chi connectivity index (χ4v) is 4.83. The number of nitrogens with zero attached hydrogens (tertiary/aromatic N) is 1. The van der Waals surface area contributed by atoms with E-state index in [-0.39, 0.29) is 17.3 Å². The molecule has 5 nitrogen and oxygen atoms in total. The Morgan fingerprint density at radius 2 is 1.67 bits per heavy atom. The second kappa shape index (κ2) is 7.10. The monoisotopic (exact) mass is 398 g/mol. The van der Waals surface area contributed by atoms with Crippen molar-refractivity contribution in [1.29, 1.82) is 0 Å². The molecule has 0 saturated carbocycles. The highest BCUT2D eigenvalue weighted by molar-refractivity contribution is 6.28. The van der Waals surface area contributed by atoms with E-state index in [1.165, 1.54) is 0 Å². The zero-order valence-corrected chi connectivity index (χ0v) is 16.8. The first-order valence-corrected chi connectivity index (χ1v) is 10.4. The number of Topliss-reactive ketones (excluding diaryl/α,β-unsaturated/α-hetero) is 3. The van der Waals surface area contributed by atoms with E-state index in [4.69, 9.17) is 0 Å². The quantitative estimate of drug-likeness (QED) is 0.795. The highest BCUT2D eigenvalue weighted by Gasteiger charge is 2.47. The number of benzene rings is 2. The number of nitrogens with one attached hydrogen (secondary N) is 1. The largest absolute Gasteiger partial charge is 0.369 e. The highest BCUT2D eigenvalue weighted by atomic mass is 16.1. The molecule has 1 fully saturated rings. The van der Waals surface area contributed by atoms with E-state index in [9.17, 15) is 14.4 Å². The minimum Gasteiger partial charge on any atom is -0.369 e. The summed E-state index contributed by atoms with van der Waals surface area (Å²) in [5, 5.41) is 3.33. The summed E-state index contributed by atoms with van der Waals surface area (Å²) in [4.78, 5) is 42.5. The van der Waals surface area contributed by atoms with Crippen LogP contribution in [0.5, 0.6) is 0 Å². The van der Waals surface area contributed by atoms with Gasteiger partial charge in [-0.25, -0.2) is 0 Å². The lowest BCUT2D eigenvalue weighted by molar-refractivity contribution is 0.0927. The van der Waals surface area contributed by atoms with Gasteiger partial charge < -0.3 is 10.2 Å². The maximum absolute atomic E-state index is 13.6. The summed E-state index contributed by atoms with van der Waals surface area (Å²) in [7, 11) is 0. The molecule has 0 aromatic heterocycles. The Morgan fingerprint density at radius 1 is 1.00 bits per heavy atom. The maximum atomic E-state index is 13.6. The van der Waals surface area contributed by atoms with Crippen molar-refractivity contribution in [3.63, 3.8) is 0 Å². The van der Waals surface area contributed by atoms with Crippen LogP contribution in [0.25, 0.3) is 0 Å². The van der Waals surface area contributed by atoms with Gasteiger partial charge in [-0.3, -0.25) is 14.4 Å². The molecule has 0 bridgehead atoms. The first-order valence-electron chi connectivity index (χ1n) is 10.4. The lowest BCUT2D eigenvalue weighted by Gasteiger charge is -2.38. The van der Waals surface area contributed by atoms with Crippen LogP contribution in [0.1, 0.15) is 50.8 Å². The zero-order valence-electron chi connectivity index (χ0n) is 16.8. The van der Waals surface area contributed by atoms with Gasteiger partial charge >= 0.3 is 0 Å². The van der Waals surface area contributed by atoms with E-state index >= 15 is 0 Å². The fourth-order valence-electron chi connectivity index (χ4n) is 4.83. The van der Waals surface area contributed by atoms with E-state index in [2.05, 4.69) is 5.32 Å². The Bertz CT molecular complexity index is 1140. The minimum atomic E-state index is -0.403. The molecular formula is C25H22N2O3. The summed E-state index contributed by atoms with van der Waals surface area (Å²) in [6.45, 7) is 3.21. The number of hydrogen-bond donors (Lipinski definition) is 1. The Labute approximate surface area is 175 Å². The smallest absolute Gasteiger partial charge is 0.210 e. The standard InChI is InChI=1S/C25H22N2O3/c1-2-8-18-19-21(24(30)17-12-7-6-11-16(17)23(19)29)27-14-13-26-25(27)20(18)22(28)15-9-4-3-5-10-15/h3-7,9-12,18,26H,2,8,13-14H2,1H3. The van der Waals surface area contributed by atoms with E-state index in [0.29, 0.717) is 58.9 Å². The van der Waals surface area contributed by atoms with E-state index < -0.39 is 5.92 Å². The predicted octanol–water partition coefficient (Wildman–Crippen LogP) is 3.75. The van der Waals surface area contributed by atoms with Gasteiger partial charge in [-0.1, -0.05) is 67.9 Å². The number of rotatable bonds is 4. The Hall–Kier alpha value is -3.47. The molecule has 0 radical (unpaired) electrons. The summed E-state index contributed by atoms with van der Waals surface area (Å²) in [6.07, 6.45) is 1.43. The Morgan fingerprint density at radius 3 is 2.37 bits per heavy atom. The van der Waals surface area contributed by atoms with Crippen LogP contribution in [-0.2, 0) is 0 Å². The van der Waals surface area contributed by atoms with Crippen LogP contribution >= 0.6 is 0 Å². The highest BCUT2D eigenvalue weighted by Crippen LogP contribution is 2.44. The number of fused-ring (bicyclic) bond motifs is 3. The molecule has 150 valence electrons. The molecule has 1 saturated heterocycles. The number of carbonyl (C=O) groups excluding carboxylic acids is 3. The summed E-state index contributed by atoms with van der Waals surface area (Å²) >= 11 is 0. The van der Waals surface area contributed by atoms with E-state index in [1.807, 2.05) is 30.0 Å². The fraction of sp³-hybridized carbons (Fsp3) is 0.240. The van der Waals surface area contributed by atoms with Crippen molar-refractivity contribution in [3.05, 3.63) is 94.0 Å². The van der Waals surface area contributed by atoms with Crippen LogP contribution in [0.3, 0.4) is 0 Å². The number of carbonyl (C=O) groups is 3. The maximum Gasteiger partial charge on any atom is 0.210 e. The predicted molar refractivity (Wildman–Crippen MR) is 113 cm³/mol. The summed E-state index contributed by atoms with van der Waals surface area (Å²) in [5.74, 6) is -0.0771. The van der Waals surface area contributed by atoms with Crippen molar-refractivity contribution in [2.24, 2.45) is 5.92 Å². The van der Waals surface area contributed by atoms with Gasteiger partial charge in [0.15, 0.2) is 11.6 Å². The van der Waals surface area contributed by atoms with E-state index in [0.717, 1.165) is 6.42 Å². The lowest BCUT2D eigenvalue weighted by Crippen LogP contribution is -2.41. The number of ketones is 3. The molecule has 2 aromatic rings. The summed E-state index contributed by atoms with van der Waals surface area (Å²) in [6, 6.07) is 16.1. The van der Waals surface area contributed by atoms with Gasteiger partial charge in [0.05, 0.1) is 5.70 Å². The molecule has 5 rings (SSSR count). The zero-order chi connectivity index (χ0) is 20.8. The molecule has 0 spiro atoms. The average Bonchev–Trinajstić information content (AvgIpc) is 3.26. The molecule has 2 heterocycles. The molecule has 3 aliphatic rings. The first-order chi connectivity index (χ1) is 14.6. The van der Waals surface area contributed by atoms with Gasteiger partial charge in [0.25, 0.3) is 0 Å². The third-order valence-electron chi connectivity index (χ3n) is 6.11. The second-order valence-corrected chi connectivity index (χ2v) is 7.84. The average molecular weight is 398 g/mol. The summed E-state index contributed by atoms with van der Waals surface area (Å²) < 4.78 is 0. The van der Waals surface area contributed by atoms with Crippen LogP contribution < -0.4 is 5.32 Å². The molecule has 2 aliphatic heterocycles. The second-order valence-electron chi connectivity index (χ2n) is 7.84. The van der Waals surface area contributed by atoms with Crippen LogP contribution in [0.2, 0.25) is 0 Å². The molecule has 1 unspecified atom stereocenters. The van der Waals surface area contributed by atoms with Crippen molar-refractivity contribution >= 4 is 17.3 Å². The van der Waals surface area contributed by atoms with Crippen molar-refractivity contribution in [1.82, 2.24) is 10.2 Å². The lowest BCUT2D eigenvalue weighted by atomic mass is 9.73. The van der Waals surface area contributed by atoms with Crippen molar-refractivity contribution in [2.45, 2.75) is 19.8 Å². The molecule has 1 aliphatic carbocycles. The van der Waals surface area contributed by atoms with Gasteiger partial charge in [0, 0.05) is 46.8 Å². The van der Waals surface area contributed by atoms with Crippen LogP contribution in [-0.4, -0.2) is 35.3 Å². The molecule has 1 atom stereocenters.